The second-order valence-corrected chi connectivity index (χ2v) is 5.48. The molecule has 0 bridgehead atoms. The summed E-state index contributed by atoms with van der Waals surface area (Å²) in [6.45, 7) is 6.02. The van der Waals surface area contributed by atoms with Crippen molar-refractivity contribution in [1.29, 1.82) is 0 Å². The summed E-state index contributed by atoms with van der Waals surface area (Å²) in [7, 11) is 1.77. The van der Waals surface area contributed by atoms with Crippen molar-refractivity contribution in [3.05, 3.63) is 41.2 Å². The van der Waals surface area contributed by atoms with Crippen LogP contribution in [0.2, 0.25) is 0 Å². The monoisotopic (exact) mass is 263 g/mol. The molecule has 1 aromatic rings. The summed E-state index contributed by atoms with van der Waals surface area (Å²) >= 11 is 0. The molecule has 0 aromatic heterocycles. The third kappa shape index (κ3) is 6.82. The van der Waals surface area contributed by atoms with Crippen LogP contribution < -0.4 is 5.32 Å². The molecule has 0 saturated heterocycles. The average Bonchev–Trinajstić information content (AvgIpc) is 2.33. The summed E-state index contributed by atoms with van der Waals surface area (Å²) in [6, 6.07) is 10.2. The van der Waals surface area contributed by atoms with Crippen molar-refractivity contribution in [1.82, 2.24) is 5.32 Å². The highest BCUT2D eigenvalue weighted by atomic mass is 16.6. The van der Waals surface area contributed by atoms with E-state index < -0.39 is 11.7 Å². The number of carbonyl (C=O) groups excluding carboxylic acids is 1. The fraction of sp³-hybridized carbons (Fsp3) is 0.533. The number of carbonyl (C=O) groups is 1. The van der Waals surface area contributed by atoms with Gasteiger partial charge in [0.1, 0.15) is 5.60 Å². The largest absolute Gasteiger partial charge is 0.661 e. The maximum atomic E-state index is 11.6. The first kappa shape index (κ1) is 15.5. The Morgan fingerprint density at radius 2 is 1.95 bits per heavy atom. The summed E-state index contributed by atoms with van der Waals surface area (Å²) in [4.78, 5) is 11.6. The minimum atomic E-state index is -0.470. The van der Waals surface area contributed by atoms with Gasteiger partial charge in [-0.15, -0.1) is 6.04 Å². The van der Waals surface area contributed by atoms with Crippen LogP contribution in [0.5, 0.6) is 0 Å². The van der Waals surface area contributed by atoms with Crippen LogP contribution in [0, 0.1) is 0 Å². The van der Waals surface area contributed by atoms with Gasteiger partial charge in [0.15, 0.2) is 0 Å². The van der Waals surface area contributed by atoms with Crippen molar-refractivity contribution < 1.29 is 9.53 Å². The van der Waals surface area contributed by atoms with Crippen molar-refractivity contribution >= 4 is 6.09 Å². The van der Waals surface area contributed by atoms with Crippen LogP contribution in [-0.2, 0) is 11.2 Å². The summed E-state index contributed by atoms with van der Waals surface area (Å²) in [5.41, 5.74) is 0.742. The van der Waals surface area contributed by atoms with E-state index in [1.807, 2.05) is 39.0 Å². The zero-order chi connectivity index (χ0) is 14.3. The van der Waals surface area contributed by atoms with Crippen molar-refractivity contribution in [2.45, 2.75) is 38.8 Å². The molecule has 1 atom stereocenters. The maximum absolute atomic E-state index is 11.6. The van der Waals surface area contributed by atoms with Gasteiger partial charge in [-0.25, -0.2) is 4.79 Å². The van der Waals surface area contributed by atoms with Crippen LogP contribution in [0.1, 0.15) is 26.3 Å². The van der Waals surface area contributed by atoms with Crippen LogP contribution in [-0.4, -0.2) is 31.3 Å². The molecule has 19 heavy (non-hydrogen) atoms. The van der Waals surface area contributed by atoms with Crippen LogP contribution in [0.15, 0.2) is 30.3 Å². The lowest BCUT2D eigenvalue weighted by Gasteiger charge is -2.29. The predicted octanol–water partition coefficient (Wildman–Crippen LogP) is 3.13. The molecule has 0 spiro atoms. The van der Waals surface area contributed by atoms with E-state index in [4.69, 9.17) is 4.74 Å². The Morgan fingerprint density at radius 3 is 2.47 bits per heavy atom. The molecular weight excluding hydrogens is 240 g/mol. The number of likely N-dealkylation sites (N-methyl/N-ethyl adjacent to an activating group) is 1. The number of alkyl carbamates (subject to hydrolysis) is 1. The summed E-state index contributed by atoms with van der Waals surface area (Å²) in [6.07, 6.45) is 0.418. The number of hydrogen-bond donors (Lipinski definition) is 1. The molecule has 1 aromatic carbocycles. The fourth-order valence-corrected chi connectivity index (χ4v) is 1.66. The van der Waals surface area contributed by atoms with E-state index in [-0.39, 0.29) is 6.04 Å². The number of amides is 1. The molecular formula is C15H23N2O2-. The first-order valence-electron chi connectivity index (χ1n) is 6.50. The first-order chi connectivity index (χ1) is 8.90. The van der Waals surface area contributed by atoms with Gasteiger partial charge in [0.25, 0.3) is 0 Å². The van der Waals surface area contributed by atoms with E-state index in [1.165, 1.54) is 5.56 Å². The molecule has 1 amide bonds. The van der Waals surface area contributed by atoms with Gasteiger partial charge in [-0.05, 0) is 32.8 Å². The molecule has 4 nitrogen and oxygen atoms in total. The molecule has 1 rings (SSSR count). The van der Waals surface area contributed by atoms with Crippen LogP contribution >= 0.6 is 0 Å². The Labute approximate surface area is 115 Å². The quantitative estimate of drug-likeness (QED) is 0.887. The van der Waals surface area contributed by atoms with E-state index in [9.17, 15) is 4.79 Å². The van der Waals surface area contributed by atoms with Crippen LogP contribution in [0.25, 0.3) is 5.32 Å². The molecule has 1 N–H and O–H groups in total. The molecule has 106 valence electrons. The highest BCUT2D eigenvalue weighted by Gasteiger charge is 2.15. The number of benzene rings is 1. The summed E-state index contributed by atoms with van der Waals surface area (Å²) in [5, 5.41) is 7.04. The lowest BCUT2D eigenvalue weighted by Crippen LogP contribution is -2.37. The van der Waals surface area contributed by atoms with Crippen molar-refractivity contribution in [3.8, 4) is 0 Å². The average molecular weight is 263 g/mol. The first-order valence-corrected chi connectivity index (χ1v) is 6.50. The Hall–Kier alpha value is -1.55. The van der Waals surface area contributed by atoms with E-state index in [2.05, 4.69) is 22.8 Å². The minimum absolute atomic E-state index is 0.0647. The molecule has 4 heteroatoms. The highest BCUT2D eigenvalue weighted by molar-refractivity contribution is 5.67. The van der Waals surface area contributed by atoms with Gasteiger partial charge < -0.3 is 15.4 Å². The maximum Gasteiger partial charge on any atom is 0.407 e. The normalized spacial score (nSPS) is 12.8. The Balaban J connectivity index is 2.39. The second kappa shape index (κ2) is 7.14. The molecule has 0 aliphatic carbocycles. The predicted molar refractivity (Wildman–Crippen MR) is 77.5 cm³/mol. The van der Waals surface area contributed by atoms with Gasteiger partial charge in [-0.2, -0.15) is 7.05 Å². The van der Waals surface area contributed by atoms with Gasteiger partial charge in [-0.3, -0.25) is 0 Å². The lowest BCUT2D eigenvalue weighted by molar-refractivity contribution is 0.0526. The minimum Gasteiger partial charge on any atom is -0.661 e. The smallest absolute Gasteiger partial charge is 0.407 e. The van der Waals surface area contributed by atoms with Gasteiger partial charge in [0.05, 0.1) is 0 Å². The van der Waals surface area contributed by atoms with E-state index in [0.717, 1.165) is 6.42 Å². The molecule has 0 saturated carbocycles. The lowest BCUT2D eigenvalue weighted by atomic mass is 10.1. The Bertz CT molecular complexity index is 385. The molecule has 0 aliphatic heterocycles. The van der Waals surface area contributed by atoms with Crippen LogP contribution in [0.3, 0.4) is 0 Å². The van der Waals surface area contributed by atoms with Crippen LogP contribution in [0.4, 0.5) is 4.79 Å². The number of nitrogens with one attached hydrogen (secondary N) is 1. The fourth-order valence-electron chi connectivity index (χ4n) is 1.66. The van der Waals surface area contributed by atoms with Crippen molar-refractivity contribution in [3.63, 3.8) is 0 Å². The highest BCUT2D eigenvalue weighted by Crippen LogP contribution is 2.09. The standard InChI is InChI=1S/C15H23N2O2/c1-15(2,3)19-14(18)17-11-13(16-4)10-12-8-6-5-7-9-12/h5-9,13H,10-11H2,1-4H3,(H,17,18)/q-1. The van der Waals surface area contributed by atoms with Gasteiger partial charge >= 0.3 is 6.09 Å². The zero-order valence-corrected chi connectivity index (χ0v) is 12.1. The zero-order valence-electron chi connectivity index (χ0n) is 12.1. The second-order valence-electron chi connectivity index (χ2n) is 5.48. The van der Waals surface area contributed by atoms with Gasteiger partial charge in [-0.1, -0.05) is 30.3 Å². The Morgan fingerprint density at radius 1 is 1.32 bits per heavy atom. The number of ether oxygens (including phenoxy) is 1. The van der Waals surface area contributed by atoms with Crippen molar-refractivity contribution in [2.24, 2.45) is 0 Å². The molecule has 1 unspecified atom stereocenters. The van der Waals surface area contributed by atoms with Crippen molar-refractivity contribution in [2.75, 3.05) is 13.6 Å². The molecule has 0 heterocycles. The summed E-state index contributed by atoms with van der Waals surface area (Å²) < 4.78 is 5.19. The third-order valence-electron chi connectivity index (χ3n) is 2.56. The van der Waals surface area contributed by atoms with E-state index >= 15 is 0 Å². The topological polar surface area (TPSA) is 52.4 Å². The third-order valence-corrected chi connectivity index (χ3v) is 2.56. The van der Waals surface area contributed by atoms with E-state index in [0.29, 0.717) is 6.54 Å². The number of rotatable bonds is 5. The number of nitrogens with zero attached hydrogens (tertiary/aromatic N) is 1. The van der Waals surface area contributed by atoms with E-state index in [1.54, 1.807) is 7.05 Å². The number of hydrogen-bond acceptors (Lipinski definition) is 2. The molecule has 0 radical (unpaired) electrons. The van der Waals surface area contributed by atoms with Gasteiger partial charge in [0.2, 0.25) is 0 Å². The molecule has 0 aliphatic rings. The Kier molecular flexibility index (Phi) is 5.83. The molecule has 0 fully saturated rings. The SMILES string of the molecule is C[N-]C(CNC(=O)OC(C)(C)C)Cc1ccccc1. The van der Waals surface area contributed by atoms with Gasteiger partial charge in [0, 0.05) is 6.54 Å². The summed E-state index contributed by atoms with van der Waals surface area (Å²) in [5.74, 6) is 0.